The molecule has 266 valence electrons. The molecule has 0 aromatic carbocycles. The van der Waals surface area contributed by atoms with E-state index in [0.717, 1.165) is 57.8 Å². The van der Waals surface area contributed by atoms with Crippen molar-refractivity contribution in [3.8, 4) is 0 Å². The second-order valence-corrected chi connectivity index (χ2v) is 12.4. The zero-order valence-corrected chi connectivity index (χ0v) is 27.8. The van der Waals surface area contributed by atoms with E-state index in [9.17, 15) is 30.0 Å². The summed E-state index contributed by atoms with van der Waals surface area (Å²) in [6.07, 6.45) is 14.3. The van der Waals surface area contributed by atoms with Crippen LogP contribution in [0.4, 0.5) is 0 Å². The summed E-state index contributed by atoms with van der Waals surface area (Å²) in [5.41, 5.74) is 0. The van der Waals surface area contributed by atoms with Gasteiger partial charge >= 0.3 is 11.9 Å². The van der Waals surface area contributed by atoms with Crippen molar-refractivity contribution in [1.82, 2.24) is 0 Å². The van der Waals surface area contributed by atoms with Crippen LogP contribution >= 0.6 is 0 Å². The fourth-order valence-electron chi connectivity index (χ4n) is 5.39. The average Bonchev–Trinajstić information content (AvgIpc) is 3.03. The SMILES string of the molecule is [CH2-]CCCCCCCCCCCCC(=O)O[C@H](COC(=O)CCCCCCCCCC[CH2-])CO[C@@H]1O[C@H](CO)[C@H](O)[C@H](O)[C@H]1O. The van der Waals surface area contributed by atoms with Gasteiger partial charge in [-0.15, -0.1) is 0 Å². The number of hydrogen-bond acceptors (Lipinski definition) is 10. The van der Waals surface area contributed by atoms with Crippen molar-refractivity contribution in [2.75, 3.05) is 19.8 Å². The van der Waals surface area contributed by atoms with Gasteiger partial charge in [-0.2, -0.15) is 12.8 Å². The van der Waals surface area contributed by atoms with E-state index in [4.69, 9.17) is 18.9 Å². The Hall–Kier alpha value is -1.30. The van der Waals surface area contributed by atoms with Gasteiger partial charge in [0, 0.05) is 12.8 Å². The van der Waals surface area contributed by atoms with Crippen molar-refractivity contribution in [2.24, 2.45) is 0 Å². The van der Waals surface area contributed by atoms with E-state index in [1.807, 2.05) is 0 Å². The van der Waals surface area contributed by atoms with Crippen LogP contribution in [0.25, 0.3) is 0 Å². The normalized spacial score (nSPS) is 22.3. The number of aliphatic hydroxyl groups excluding tert-OH is 4. The van der Waals surface area contributed by atoms with Gasteiger partial charge in [0.2, 0.25) is 0 Å². The second kappa shape index (κ2) is 27.8. The van der Waals surface area contributed by atoms with Gasteiger partial charge in [-0.1, -0.05) is 103 Å². The summed E-state index contributed by atoms with van der Waals surface area (Å²) < 4.78 is 21.9. The highest BCUT2D eigenvalue weighted by atomic mass is 16.7. The average molecular weight is 645 g/mol. The van der Waals surface area contributed by atoms with E-state index in [0.29, 0.717) is 6.42 Å². The molecule has 0 bridgehead atoms. The van der Waals surface area contributed by atoms with E-state index in [1.165, 1.54) is 64.2 Å². The zero-order chi connectivity index (χ0) is 33.1. The van der Waals surface area contributed by atoms with Crippen LogP contribution in [0.15, 0.2) is 0 Å². The second-order valence-electron chi connectivity index (χ2n) is 12.4. The third-order valence-electron chi connectivity index (χ3n) is 8.28. The maximum absolute atomic E-state index is 12.6. The molecule has 1 rings (SSSR count). The van der Waals surface area contributed by atoms with Gasteiger partial charge in [0.15, 0.2) is 12.4 Å². The topological polar surface area (TPSA) is 152 Å². The van der Waals surface area contributed by atoms with Crippen molar-refractivity contribution >= 4 is 11.9 Å². The molecule has 45 heavy (non-hydrogen) atoms. The van der Waals surface area contributed by atoms with Gasteiger partial charge in [0.1, 0.15) is 31.0 Å². The molecule has 4 N–H and O–H groups in total. The van der Waals surface area contributed by atoms with E-state index in [-0.39, 0.29) is 32.0 Å². The molecule has 1 heterocycles. The monoisotopic (exact) mass is 644 g/mol. The molecule has 10 nitrogen and oxygen atoms in total. The summed E-state index contributed by atoms with van der Waals surface area (Å²) in [4.78, 5) is 25.0. The van der Waals surface area contributed by atoms with Crippen molar-refractivity contribution < 1.29 is 49.0 Å². The molecule has 1 saturated heterocycles. The highest BCUT2D eigenvalue weighted by molar-refractivity contribution is 5.70. The molecular formula is C35H64O10-2. The summed E-state index contributed by atoms with van der Waals surface area (Å²) in [5.74, 6) is -0.823. The van der Waals surface area contributed by atoms with Crippen LogP contribution in [0, 0.1) is 13.8 Å². The first kappa shape index (κ1) is 41.7. The molecule has 0 unspecified atom stereocenters. The maximum atomic E-state index is 12.6. The van der Waals surface area contributed by atoms with Gasteiger partial charge in [-0.3, -0.25) is 9.59 Å². The van der Waals surface area contributed by atoms with E-state index >= 15 is 0 Å². The number of unbranched alkanes of at least 4 members (excludes halogenated alkanes) is 18. The number of rotatable bonds is 29. The molecule has 1 aliphatic rings. The zero-order valence-electron chi connectivity index (χ0n) is 27.8. The number of hydrogen-bond donors (Lipinski definition) is 4. The lowest BCUT2D eigenvalue weighted by Crippen LogP contribution is -2.59. The standard InChI is InChI=1S/C35H64O10/c1-3-5-7-9-11-13-14-16-18-20-22-24-31(38)44-28(27-43-35-34(41)33(40)32(39)29(25-36)45-35)26-42-30(37)23-21-19-17-15-12-10-8-6-4-2/h28-29,32-36,39-41H,1-27H2/q-2/t28-,29-,32+,33+,34-,35-/m1/s1. The fraction of sp³-hybridized carbons (Fsp3) is 0.886. The number of esters is 2. The first-order chi connectivity index (χ1) is 21.8. The molecule has 10 heteroatoms. The minimum atomic E-state index is -1.59. The largest absolute Gasteiger partial charge is 0.462 e. The lowest BCUT2D eigenvalue weighted by atomic mass is 9.99. The van der Waals surface area contributed by atoms with Gasteiger partial charge in [-0.05, 0) is 12.8 Å². The first-order valence-electron chi connectivity index (χ1n) is 17.7. The highest BCUT2D eigenvalue weighted by Crippen LogP contribution is 2.22. The predicted molar refractivity (Wildman–Crippen MR) is 173 cm³/mol. The van der Waals surface area contributed by atoms with E-state index in [1.54, 1.807) is 0 Å². The third kappa shape index (κ3) is 20.5. The Kier molecular flexibility index (Phi) is 25.8. The van der Waals surface area contributed by atoms with Crippen molar-refractivity contribution in [2.45, 2.75) is 178 Å². The van der Waals surface area contributed by atoms with Crippen molar-refractivity contribution in [3.63, 3.8) is 0 Å². The van der Waals surface area contributed by atoms with Gasteiger partial charge in [0.05, 0.1) is 13.2 Å². The lowest BCUT2D eigenvalue weighted by molar-refractivity contribution is -0.305. The molecule has 0 amide bonds. The van der Waals surface area contributed by atoms with Gasteiger partial charge in [0.25, 0.3) is 0 Å². The Bertz CT molecular complexity index is 719. The molecule has 1 fully saturated rings. The molecule has 0 spiro atoms. The summed E-state index contributed by atoms with van der Waals surface area (Å²) >= 11 is 0. The molecule has 0 aromatic heterocycles. The van der Waals surface area contributed by atoms with Crippen molar-refractivity contribution in [3.05, 3.63) is 13.8 Å². The van der Waals surface area contributed by atoms with Crippen molar-refractivity contribution in [1.29, 1.82) is 0 Å². The maximum Gasteiger partial charge on any atom is 0.306 e. The van der Waals surface area contributed by atoms with Gasteiger partial charge in [-0.25, -0.2) is 0 Å². The Morgan fingerprint density at radius 2 is 1.04 bits per heavy atom. The summed E-state index contributed by atoms with van der Waals surface area (Å²) in [5, 5.41) is 39.7. The molecule has 0 saturated carbocycles. The highest BCUT2D eigenvalue weighted by Gasteiger charge is 2.44. The third-order valence-corrected chi connectivity index (χ3v) is 8.28. The predicted octanol–water partition coefficient (Wildman–Crippen LogP) is 5.51. The number of ether oxygens (including phenoxy) is 4. The number of carbonyl (C=O) groups excluding carboxylic acids is 2. The van der Waals surface area contributed by atoms with Crippen LogP contribution in [0.1, 0.15) is 141 Å². The molecule has 1 aliphatic heterocycles. The van der Waals surface area contributed by atoms with Crippen LogP contribution in [0.3, 0.4) is 0 Å². The molecule has 0 aromatic rings. The Morgan fingerprint density at radius 3 is 1.51 bits per heavy atom. The fourth-order valence-corrected chi connectivity index (χ4v) is 5.39. The van der Waals surface area contributed by atoms with E-state index < -0.39 is 49.4 Å². The van der Waals surface area contributed by atoms with E-state index in [2.05, 4.69) is 13.8 Å². The first-order valence-corrected chi connectivity index (χ1v) is 17.7. The minimum Gasteiger partial charge on any atom is -0.462 e. The van der Waals surface area contributed by atoms with Crippen LogP contribution < -0.4 is 0 Å². The van der Waals surface area contributed by atoms with Crippen LogP contribution in [-0.2, 0) is 28.5 Å². The summed E-state index contributed by atoms with van der Waals surface area (Å²) in [7, 11) is 0. The summed E-state index contributed by atoms with van der Waals surface area (Å²) in [6.45, 7) is 6.65. The van der Waals surface area contributed by atoms with Crippen LogP contribution in [0.5, 0.6) is 0 Å². The Morgan fingerprint density at radius 1 is 0.600 bits per heavy atom. The molecular weight excluding hydrogens is 580 g/mol. The summed E-state index contributed by atoms with van der Waals surface area (Å²) in [6, 6.07) is 0. The van der Waals surface area contributed by atoms with Gasteiger partial charge < -0.3 is 53.2 Å². The lowest BCUT2D eigenvalue weighted by Gasteiger charge is -2.39. The van der Waals surface area contributed by atoms with Crippen LogP contribution in [-0.4, -0.2) is 89.0 Å². The number of carbonyl (C=O) groups is 2. The smallest absolute Gasteiger partial charge is 0.306 e. The molecule has 0 aliphatic carbocycles. The Labute approximate surface area is 272 Å². The molecule has 6 atom stereocenters. The molecule has 0 radical (unpaired) electrons. The Balaban J connectivity index is 2.43. The minimum absolute atomic E-state index is 0.219. The van der Waals surface area contributed by atoms with Crippen LogP contribution in [0.2, 0.25) is 0 Å². The quantitative estimate of drug-likeness (QED) is 0.0466. The number of aliphatic hydroxyl groups is 4.